The van der Waals surface area contributed by atoms with Crippen LogP contribution >= 0.6 is 7.60 Å². The van der Waals surface area contributed by atoms with E-state index in [1.165, 1.54) is 6.33 Å². The lowest BCUT2D eigenvalue weighted by Crippen LogP contribution is -2.37. The third kappa shape index (κ3) is 3.94. The summed E-state index contributed by atoms with van der Waals surface area (Å²) in [5.41, 5.74) is 4.70. The molecule has 0 aliphatic carbocycles. The molecule has 1 aliphatic heterocycles. The zero-order valence-electron chi connectivity index (χ0n) is 16.3. The van der Waals surface area contributed by atoms with Crippen molar-refractivity contribution in [3.63, 3.8) is 0 Å². The quantitative estimate of drug-likeness (QED) is 0.514. The molecule has 2 unspecified atom stereocenters. The zero-order valence-corrected chi connectivity index (χ0v) is 17.2. The molecule has 0 bridgehead atoms. The molecule has 156 valence electrons. The average molecular weight is 414 g/mol. The maximum absolute atomic E-state index is 12.2. The van der Waals surface area contributed by atoms with Crippen molar-refractivity contribution in [3.05, 3.63) is 18.6 Å². The predicted octanol–water partition coefficient (Wildman–Crippen LogP) is 1.41. The Kier molecular flexibility index (Phi) is 5.57. The Morgan fingerprint density at radius 3 is 2.68 bits per heavy atom. The minimum absolute atomic E-state index is 0.106. The summed E-state index contributed by atoms with van der Waals surface area (Å²) >= 11 is 0. The fourth-order valence-corrected chi connectivity index (χ4v) is 4.30. The lowest BCUT2D eigenvalue weighted by Gasteiger charge is -2.32. The first kappa shape index (κ1) is 21.2. The highest BCUT2D eigenvalue weighted by atomic mass is 31.2. The van der Waals surface area contributed by atoms with Crippen LogP contribution in [0.15, 0.2) is 18.6 Å². The molecule has 0 radical (unpaired) electrons. The molecule has 1 aliphatic rings. The molecule has 1 saturated heterocycles. The molecule has 2 aromatic rings. The highest BCUT2D eigenvalue weighted by Crippen LogP contribution is 2.52. The standard InChI is InChI=1S/C17H27N4O6P/c1-9(2)28(24,25)27-17(3,4)7-11-12(22)13(23)16(26-11)21-6-5-10-14(18)19-8-20-15(10)21/h5-6,8-9,11-13,16,22-23H,7H2,1-4H3,(H,24,25)(H2,18,19,20)/t11?,12-,13-,16-/m1/s1. The average Bonchev–Trinajstić information content (AvgIpc) is 3.11. The van der Waals surface area contributed by atoms with Gasteiger partial charge in [0.1, 0.15) is 30.0 Å². The van der Waals surface area contributed by atoms with Crippen LogP contribution in [-0.4, -0.2) is 59.2 Å². The second-order valence-electron chi connectivity index (χ2n) is 7.98. The minimum atomic E-state index is -3.82. The van der Waals surface area contributed by atoms with Crippen molar-refractivity contribution in [2.45, 2.75) is 69.9 Å². The summed E-state index contributed by atoms with van der Waals surface area (Å²) in [6.07, 6.45) is -1.06. The maximum atomic E-state index is 12.2. The molecule has 0 saturated carbocycles. The molecular weight excluding hydrogens is 387 g/mol. The maximum Gasteiger partial charge on any atom is 0.331 e. The van der Waals surface area contributed by atoms with Gasteiger partial charge in [0.05, 0.1) is 22.8 Å². The molecule has 0 spiro atoms. The molecule has 2 aromatic heterocycles. The van der Waals surface area contributed by atoms with Crippen molar-refractivity contribution >= 4 is 24.4 Å². The summed E-state index contributed by atoms with van der Waals surface area (Å²) in [6.45, 7) is 6.49. The fourth-order valence-electron chi connectivity index (χ4n) is 3.30. The first-order chi connectivity index (χ1) is 12.9. The Morgan fingerprint density at radius 1 is 1.36 bits per heavy atom. The third-order valence-electron chi connectivity index (χ3n) is 4.87. The number of aliphatic hydroxyl groups excluding tert-OH is 2. The molecule has 10 nitrogen and oxygen atoms in total. The van der Waals surface area contributed by atoms with E-state index in [2.05, 4.69) is 9.97 Å². The summed E-state index contributed by atoms with van der Waals surface area (Å²) in [6, 6.07) is 1.71. The number of rotatable bonds is 6. The summed E-state index contributed by atoms with van der Waals surface area (Å²) in [5, 5.41) is 21.6. The summed E-state index contributed by atoms with van der Waals surface area (Å²) in [4.78, 5) is 18.1. The van der Waals surface area contributed by atoms with Crippen LogP contribution in [0.5, 0.6) is 0 Å². The number of ether oxygens (including phenoxy) is 1. The number of nitrogens with two attached hydrogens (primary N) is 1. The Bertz CT molecular complexity index is 901. The van der Waals surface area contributed by atoms with E-state index in [0.717, 1.165) is 0 Å². The third-order valence-corrected chi connectivity index (χ3v) is 6.94. The van der Waals surface area contributed by atoms with Crippen molar-refractivity contribution in [2.24, 2.45) is 0 Å². The van der Waals surface area contributed by atoms with Crippen LogP contribution in [0.1, 0.15) is 40.3 Å². The van der Waals surface area contributed by atoms with E-state index in [1.807, 2.05) is 0 Å². The van der Waals surface area contributed by atoms with E-state index >= 15 is 0 Å². The van der Waals surface area contributed by atoms with E-state index in [4.69, 9.17) is 15.0 Å². The van der Waals surface area contributed by atoms with Gasteiger partial charge in [0.15, 0.2) is 6.23 Å². The molecule has 5 N–H and O–H groups in total. The van der Waals surface area contributed by atoms with Crippen LogP contribution in [0, 0.1) is 0 Å². The van der Waals surface area contributed by atoms with Crippen molar-refractivity contribution in [3.8, 4) is 0 Å². The number of hydrogen-bond acceptors (Lipinski definition) is 8. The lowest BCUT2D eigenvalue weighted by molar-refractivity contribution is -0.0602. The van der Waals surface area contributed by atoms with Gasteiger partial charge in [0, 0.05) is 12.6 Å². The van der Waals surface area contributed by atoms with Gasteiger partial charge in [-0.15, -0.1) is 0 Å². The van der Waals surface area contributed by atoms with Crippen LogP contribution in [0.4, 0.5) is 5.82 Å². The predicted molar refractivity (Wildman–Crippen MR) is 103 cm³/mol. The highest BCUT2D eigenvalue weighted by molar-refractivity contribution is 7.53. The number of aromatic nitrogens is 3. The number of nitrogen functional groups attached to an aromatic ring is 1. The number of anilines is 1. The SMILES string of the molecule is CC(C)P(=O)(O)OC(C)(C)CC1O[C@@H](n2ccc3c(N)ncnc32)[C@H](O)[C@@H]1O. The topological polar surface area (TPSA) is 153 Å². The second kappa shape index (κ2) is 7.37. The van der Waals surface area contributed by atoms with E-state index in [-0.39, 0.29) is 6.42 Å². The van der Waals surface area contributed by atoms with Gasteiger partial charge in [0.2, 0.25) is 0 Å². The van der Waals surface area contributed by atoms with Gasteiger partial charge >= 0.3 is 7.60 Å². The minimum Gasteiger partial charge on any atom is -0.388 e. The van der Waals surface area contributed by atoms with E-state index in [1.54, 1.807) is 44.5 Å². The summed E-state index contributed by atoms with van der Waals surface area (Å²) in [7, 11) is -3.82. The van der Waals surface area contributed by atoms with Crippen LogP contribution in [0.25, 0.3) is 11.0 Å². The molecule has 11 heteroatoms. The van der Waals surface area contributed by atoms with Gasteiger partial charge in [-0.05, 0) is 19.9 Å². The van der Waals surface area contributed by atoms with E-state index in [9.17, 15) is 19.7 Å². The zero-order chi connectivity index (χ0) is 20.9. The molecule has 0 amide bonds. The fraction of sp³-hybridized carbons (Fsp3) is 0.647. The van der Waals surface area contributed by atoms with Crippen LogP contribution < -0.4 is 5.73 Å². The van der Waals surface area contributed by atoms with Gasteiger partial charge in [-0.2, -0.15) is 0 Å². The molecule has 5 atom stereocenters. The van der Waals surface area contributed by atoms with E-state index < -0.39 is 43.4 Å². The van der Waals surface area contributed by atoms with Gasteiger partial charge < -0.3 is 34.7 Å². The Hall–Kier alpha value is -1.55. The first-order valence-corrected chi connectivity index (χ1v) is 10.7. The molecule has 1 fully saturated rings. The smallest absolute Gasteiger partial charge is 0.331 e. The van der Waals surface area contributed by atoms with Crippen LogP contribution in [0.2, 0.25) is 0 Å². The Labute approximate surface area is 162 Å². The summed E-state index contributed by atoms with van der Waals surface area (Å²) < 4.78 is 25.2. The van der Waals surface area contributed by atoms with Crippen LogP contribution in [0.3, 0.4) is 0 Å². The van der Waals surface area contributed by atoms with Gasteiger partial charge in [-0.3, -0.25) is 4.57 Å². The molecule has 0 aromatic carbocycles. The van der Waals surface area contributed by atoms with Crippen molar-refractivity contribution in [1.29, 1.82) is 0 Å². The number of nitrogens with zero attached hydrogens (tertiary/aromatic N) is 3. The molecule has 28 heavy (non-hydrogen) atoms. The van der Waals surface area contributed by atoms with Crippen molar-refractivity contribution in [2.75, 3.05) is 5.73 Å². The number of hydrogen-bond donors (Lipinski definition) is 4. The Balaban J connectivity index is 1.80. The van der Waals surface area contributed by atoms with Crippen molar-refractivity contribution in [1.82, 2.24) is 14.5 Å². The second-order valence-corrected chi connectivity index (χ2v) is 10.3. The Morgan fingerprint density at radius 2 is 2.04 bits per heavy atom. The first-order valence-electron chi connectivity index (χ1n) is 9.05. The largest absolute Gasteiger partial charge is 0.388 e. The van der Waals surface area contributed by atoms with Gasteiger partial charge in [-0.1, -0.05) is 13.8 Å². The molecule has 3 rings (SSSR count). The van der Waals surface area contributed by atoms with Gasteiger partial charge in [0.25, 0.3) is 0 Å². The highest BCUT2D eigenvalue weighted by Gasteiger charge is 2.47. The van der Waals surface area contributed by atoms with E-state index in [0.29, 0.717) is 16.9 Å². The number of fused-ring (bicyclic) bond motifs is 1. The molecular formula is C17H27N4O6P. The summed E-state index contributed by atoms with van der Waals surface area (Å²) in [5.74, 6) is 0.301. The number of aliphatic hydroxyl groups is 2. The van der Waals surface area contributed by atoms with Crippen molar-refractivity contribution < 1.29 is 28.9 Å². The molecule has 3 heterocycles. The van der Waals surface area contributed by atoms with Crippen LogP contribution in [-0.2, 0) is 13.8 Å². The normalized spacial score (nSPS) is 28.1. The lowest BCUT2D eigenvalue weighted by atomic mass is 9.97. The van der Waals surface area contributed by atoms with Gasteiger partial charge in [-0.25, -0.2) is 9.97 Å². The monoisotopic (exact) mass is 414 g/mol.